The van der Waals surface area contributed by atoms with Gasteiger partial charge in [0.1, 0.15) is 5.76 Å². The van der Waals surface area contributed by atoms with Crippen LogP contribution in [-0.2, 0) is 4.52 Å². The molecule has 2 rings (SSSR count). The minimum Gasteiger partial charge on any atom is -0.432 e. The molecule has 2 atom stereocenters. The molecule has 2 aliphatic rings. The fraction of sp³-hybridized carbons (Fsp3) is 0.778. The fourth-order valence-electron chi connectivity index (χ4n) is 2.41. The van der Waals surface area contributed by atoms with Crippen molar-refractivity contribution in [2.24, 2.45) is 5.92 Å². The third-order valence-corrected chi connectivity index (χ3v) is 3.56. The molecule has 0 radical (unpaired) electrons. The summed E-state index contributed by atoms with van der Waals surface area (Å²) in [7, 11) is -0.140. The second-order valence-electron chi connectivity index (χ2n) is 4.04. The highest BCUT2D eigenvalue weighted by Crippen LogP contribution is 2.38. The third-order valence-electron chi connectivity index (χ3n) is 3.16. The average Bonchev–Trinajstić information content (AvgIpc) is 2.47. The molecule has 0 spiro atoms. The van der Waals surface area contributed by atoms with Crippen molar-refractivity contribution in [1.82, 2.24) is 4.90 Å². The molecule has 1 fully saturated rings. The van der Waals surface area contributed by atoms with E-state index in [-0.39, 0.29) is 0 Å². The van der Waals surface area contributed by atoms with Gasteiger partial charge in [0, 0.05) is 12.5 Å². The SMILES string of the molecule is CN1CCC2CCC(OP(O)O)=CC21. The molecule has 2 N–H and O–H groups in total. The van der Waals surface area contributed by atoms with Gasteiger partial charge in [0.2, 0.25) is 0 Å². The summed E-state index contributed by atoms with van der Waals surface area (Å²) >= 11 is 0. The van der Waals surface area contributed by atoms with Crippen LogP contribution in [0.15, 0.2) is 11.8 Å². The predicted molar refractivity (Wildman–Crippen MR) is 54.3 cm³/mol. The van der Waals surface area contributed by atoms with E-state index in [1.807, 2.05) is 6.08 Å². The molecular formula is C9H16NO3P. The van der Waals surface area contributed by atoms with Crippen LogP contribution in [0.3, 0.4) is 0 Å². The van der Waals surface area contributed by atoms with Crippen molar-refractivity contribution in [1.29, 1.82) is 0 Å². The smallest absolute Gasteiger partial charge is 0.391 e. The summed E-state index contributed by atoms with van der Waals surface area (Å²) in [5.74, 6) is 1.48. The van der Waals surface area contributed by atoms with Gasteiger partial charge in [0.15, 0.2) is 0 Å². The molecule has 80 valence electrons. The number of likely N-dealkylation sites (N-methyl/N-ethyl adjacent to an activating group) is 1. The molecule has 1 aliphatic carbocycles. The normalized spacial score (nSPS) is 33.0. The fourth-order valence-corrected chi connectivity index (χ4v) is 2.77. The summed E-state index contributed by atoms with van der Waals surface area (Å²) in [6.45, 7) is 1.13. The van der Waals surface area contributed by atoms with Gasteiger partial charge in [-0.1, -0.05) is 0 Å². The first-order chi connectivity index (χ1) is 6.66. The van der Waals surface area contributed by atoms with Crippen LogP contribution in [-0.4, -0.2) is 34.3 Å². The first-order valence-electron chi connectivity index (χ1n) is 4.93. The van der Waals surface area contributed by atoms with Crippen molar-refractivity contribution in [3.8, 4) is 0 Å². The number of nitrogens with zero attached hydrogens (tertiary/aromatic N) is 1. The van der Waals surface area contributed by atoms with Crippen LogP contribution in [0.4, 0.5) is 0 Å². The molecule has 0 aromatic rings. The second kappa shape index (κ2) is 4.15. The van der Waals surface area contributed by atoms with Crippen molar-refractivity contribution < 1.29 is 14.3 Å². The van der Waals surface area contributed by atoms with E-state index in [0.29, 0.717) is 6.04 Å². The highest BCUT2D eigenvalue weighted by molar-refractivity contribution is 7.39. The average molecular weight is 217 g/mol. The van der Waals surface area contributed by atoms with Crippen LogP contribution in [0.25, 0.3) is 0 Å². The molecule has 1 heterocycles. The highest BCUT2D eigenvalue weighted by Gasteiger charge is 2.33. The first kappa shape index (κ1) is 10.4. The molecule has 1 saturated heterocycles. The van der Waals surface area contributed by atoms with E-state index in [0.717, 1.165) is 31.1 Å². The first-order valence-corrected chi connectivity index (χ1v) is 6.10. The number of hydrogen-bond donors (Lipinski definition) is 2. The monoisotopic (exact) mass is 217 g/mol. The summed E-state index contributed by atoms with van der Waals surface area (Å²) in [5.41, 5.74) is 0. The van der Waals surface area contributed by atoms with Crippen LogP contribution in [0, 0.1) is 5.92 Å². The van der Waals surface area contributed by atoms with E-state index in [2.05, 4.69) is 11.9 Å². The van der Waals surface area contributed by atoms with Crippen molar-refractivity contribution >= 4 is 8.60 Å². The van der Waals surface area contributed by atoms with Gasteiger partial charge in [0.05, 0.1) is 0 Å². The lowest BCUT2D eigenvalue weighted by Gasteiger charge is -2.27. The van der Waals surface area contributed by atoms with Crippen molar-refractivity contribution in [2.75, 3.05) is 13.6 Å². The Bertz CT molecular complexity index is 244. The molecule has 0 saturated carbocycles. The van der Waals surface area contributed by atoms with Crippen LogP contribution in [0.1, 0.15) is 19.3 Å². The highest BCUT2D eigenvalue weighted by atomic mass is 31.2. The van der Waals surface area contributed by atoms with Gasteiger partial charge in [-0.3, -0.25) is 4.90 Å². The van der Waals surface area contributed by atoms with Gasteiger partial charge in [-0.2, -0.15) is 0 Å². The molecule has 5 heteroatoms. The third kappa shape index (κ3) is 2.09. The van der Waals surface area contributed by atoms with Gasteiger partial charge in [-0.25, -0.2) is 0 Å². The predicted octanol–water partition coefficient (Wildman–Crippen LogP) is 1.21. The molecule has 14 heavy (non-hydrogen) atoms. The molecule has 0 aromatic carbocycles. The zero-order valence-electron chi connectivity index (χ0n) is 8.26. The maximum absolute atomic E-state index is 8.75. The van der Waals surface area contributed by atoms with E-state index in [1.54, 1.807) is 0 Å². The van der Waals surface area contributed by atoms with Gasteiger partial charge < -0.3 is 14.3 Å². The zero-order chi connectivity index (χ0) is 10.1. The Morgan fingerprint density at radius 1 is 1.50 bits per heavy atom. The van der Waals surface area contributed by atoms with E-state index < -0.39 is 8.60 Å². The number of likely N-dealkylation sites (tertiary alicyclic amines) is 1. The van der Waals surface area contributed by atoms with E-state index in [4.69, 9.17) is 14.3 Å². The van der Waals surface area contributed by atoms with Gasteiger partial charge >= 0.3 is 8.60 Å². The van der Waals surface area contributed by atoms with E-state index in [1.165, 1.54) is 6.42 Å². The lowest BCUT2D eigenvalue weighted by molar-refractivity contribution is 0.255. The molecule has 0 aromatic heterocycles. The Balaban J connectivity index is 2.03. The summed E-state index contributed by atoms with van der Waals surface area (Å²) in [5, 5.41) is 0. The van der Waals surface area contributed by atoms with Crippen molar-refractivity contribution in [2.45, 2.75) is 25.3 Å². The summed E-state index contributed by atoms with van der Waals surface area (Å²) in [4.78, 5) is 19.8. The van der Waals surface area contributed by atoms with Crippen molar-refractivity contribution in [3.05, 3.63) is 11.8 Å². The van der Waals surface area contributed by atoms with Crippen molar-refractivity contribution in [3.63, 3.8) is 0 Å². The maximum atomic E-state index is 8.75. The Hall–Kier alpha value is -0.150. The van der Waals surface area contributed by atoms with Crippen LogP contribution < -0.4 is 0 Å². The second-order valence-corrected chi connectivity index (χ2v) is 4.72. The Morgan fingerprint density at radius 2 is 2.29 bits per heavy atom. The lowest BCUT2D eigenvalue weighted by Crippen LogP contribution is -2.30. The summed E-state index contributed by atoms with van der Waals surface area (Å²) < 4.78 is 4.96. The van der Waals surface area contributed by atoms with Gasteiger partial charge in [-0.05, 0) is 38.4 Å². The van der Waals surface area contributed by atoms with E-state index >= 15 is 0 Å². The van der Waals surface area contributed by atoms with E-state index in [9.17, 15) is 0 Å². The molecule has 0 bridgehead atoms. The molecule has 1 aliphatic heterocycles. The quantitative estimate of drug-likeness (QED) is 0.683. The minimum absolute atomic E-state index is 0.439. The lowest BCUT2D eigenvalue weighted by atomic mass is 9.89. The molecule has 4 nitrogen and oxygen atoms in total. The molecule has 0 amide bonds. The Labute approximate surface area is 85.2 Å². The van der Waals surface area contributed by atoms with Crippen LogP contribution in [0.5, 0.6) is 0 Å². The van der Waals surface area contributed by atoms with Gasteiger partial charge in [-0.15, -0.1) is 0 Å². The van der Waals surface area contributed by atoms with Crippen LogP contribution in [0.2, 0.25) is 0 Å². The number of hydrogen-bond acceptors (Lipinski definition) is 4. The molecule has 2 unspecified atom stereocenters. The summed E-state index contributed by atoms with van der Waals surface area (Å²) in [6, 6.07) is 0.439. The zero-order valence-corrected chi connectivity index (χ0v) is 9.15. The van der Waals surface area contributed by atoms with Gasteiger partial charge in [0.25, 0.3) is 0 Å². The maximum Gasteiger partial charge on any atom is 0.391 e. The number of allylic oxidation sites excluding steroid dienone is 1. The Kier molecular flexibility index (Phi) is 3.07. The molecular weight excluding hydrogens is 201 g/mol. The largest absolute Gasteiger partial charge is 0.432 e. The minimum atomic E-state index is -2.24. The van der Waals surface area contributed by atoms with Crippen LogP contribution >= 0.6 is 8.60 Å². The number of rotatable bonds is 2. The standard InChI is InChI=1S/C9H16NO3P/c1-10-5-4-7-2-3-8(6-9(7)10)13-14(11)12/h6-7,9,11-12H,2-5H2,1H3. The topological polar surface area (TPSA) is 52.9 Å². The summed E-state index contributed by atoms with van der Waals surface area (Å²) in [6.07, 6.45) is 5.24. The number of fused-ring (bicyclic) bond motifs is 1. The Morgan fingerprint density at radius 3 is 3.00 bits per heavy atom.